The van der Waals surface area contributed by atoms with E-state index in [4.69, 9.17) is 0 Å². The maximum Gasteiger partial charge on any atom is 0.144 e. The largest absolute Gasteiger partial charge is 0.207 e. The van der Waals surface area contributed by atoms with E-state index in [1.807, 2.05) is 0 Å². The van der Waals surface area contributed by atoms with E-state index in [2.05, 4.69) is 31.9 Å². The van der Waals surface area contributed by atoms with E-state index < -0.39 is 11.6 Å². The Bertz CT molecular complexity index is 271. The van der Waals surface area contributed by atoms with Crippen LogP contribution in [0.5, 0.6) is 0 Å². The van der Waals surface area contributed by atoms with E-state index in [9.17, 15) is 8.78 Å². The molecule has 0 N–H and O–H groups in total. The Balaban J connectivity index is 3.46. The van der Waals surface area contributed by atoms with Crippen LogP contribution in [0.1, 0.15) is 5.56 Å². The van der Waals surface area contributed by atoms with Gasteiger partial charge in [0.25, 0.3) is 0 Å². The first kappa shape index (κ1) is 9.13. The average Bonchev–Trinajstić information content (AvgIpc) is 1.97. The van der Waals surface area contributed by atoms with Crippen LogP contribution < -0.4 is 0 Å². The SMILES string of the molecule is Cc1c(F)cc(Br)c(Br)c1F. The highest BCUT2D eigenvalue weighted by molar-refractivity contribution is 9.13. The molecular weight excluding hydrogens is 282 g/mol. The minimum Gasteiger partial charge on any atom is -0.207 e. The Hall–Kier alpha value is 0.0400. The molecule has 0 aliphatic rings. The highest BCUT2D eigenvalue weighted by Crippen LogP contribution is 2.29. The van der Waals surface area contributed by atoms with Crippen molar-refractivity contribution in [3.8, 4) is 0 Å². The summed E-state index contributed by atoms with van der Waals surface area (Å²) in [5, 5.41) is 0. The lowest BCUT2D eigenvalue weighted by Crippen LogP contribution is -1.90. The van der Waals surface area contributed by atoms with E-state index in [-0.39, 0.29) is 10.0 Å². The molecule has 4 heteroatoms. The molecule has 0 saturated heterocycles. The third-order valence-electron chi connectivity index (χ3n) is 1.34. The second kappa shape index (κ2) is 3.19. The Morgan fingerprint density at radius 2 is 1.82 bits per heavy atom. The van der Waals surface area contributed by atoms with Gasteiger partial charge in [0.15, 0.2) is 0 Å². The first-order valence-corrected chi connectivity index (χ1v) is 4.42. The maximum atomic E-state index is 12.9. The molecule has 0 fully saturated rings. The van der Waals surface area contributed by atoms with Crippen LogP contribution >= 0.6 is 31.9 Å². The molecule has 0 aliphatic heterocycles. The van der Waals surface area contributed by atoms with Crippen molar-refractivity contribution in [1.82, 2.24) is 0 Å². The van der Waals surface area contributed by atoms with E-state index in [0.717, 1.165) is 0 Å². The first-order valence-electron chi connectivity index (χ1n) is 2.83. The quantitative estimate of drug-likeness (QED) is 0.502. The summed E-state index contributed by atoms with van der Waals surface area (Å²) >= 11 is 5.98. The maximum absolute atomic E-state index is 12.9. The predicted molar refractivity (Wildman–Crippen MR) is 46.5 cm³/mol. The van der Waals surface area contributed by atoms with Gasteiger partial charge in [0.05, 0.1) is 4.47 Å². The van der Waals surface area contributed by atoms with Crippen molar-refractivity contribution in [2.75, 3.05) is 0 Å². The fourth-order valence-electron chi connectivity index (χ4n) is 0.657. The molecule has 0 saturated carbocycles. The van der Waals surface area contributed by atoms with Gasteiger partial charge in [-0.05, 0) is 44.8 Å². The van der Waals surface area contributed by atoms with Crippen LogP contribution in [-0.2, 0) is 0 Å². The van der Waals surface area contributed by atoms with Gasteiger partial charge in [-0.1, -0.05) is 0 Å². The summed E-state index contributed by atoms with van der Waals surface area (Å²) < 4.78 is 26.3. The monoisotopic (exact) mass is 284 g/mol. The van der Waals surface area contributed by atoms with Gasteiger partial charge in [-0.2, -0.15) is 0 Å². The van der Waals surface area contributed by atoms with E-state index in [1.54, 1.807) is 0 Å². The van der Waals surface area contributed by atoms with E-state index in [1.165, 1.54) is 13.0 Å². The summed E-state index contributed by atoms with van der Waals surface area (Å²) in [6.07, 6.45) is 0. The van der Waals surface area contributed by atoms with Gasteiger partial charge >= 0.3 is 0 Å². The second-order valence-electron chi connectivity index (χ2n) is 2.09. The van der Waals surface area contributed by atoms with Crippen molar-refractivity contribution in [2.24, 2.45) is 0 Å². The van der Waals surface area contributed by atoms with Crippen molar-refractivity contribution in [1.29, 1.82) is 0 Å². The van der Waals surface area contributed by atoms with Gasteiger partial charge in [-0.3, -0.25) is 0 Å². The highest BCUT2D eigenvalue weighted by Gasteiger charge is 2.11. The molecule has 60 valence electrons. The number of hydrogen-bond acceptors (Lipinski definition) is 0. The van der Waals surface area contributed by atoms with Crippen molar-refractivity contribution in [2.45, 2.75) is 6.92 Å². The standard InChI is InChI=1S/C7H4Br2F2/c1-3-5(10)2-4(8)6(9)7(3)11/h2H,1H3. The molecule has 0 spiro atoms. The van der Waals surface area contributed by atoms with Crippen molar-refractivity contribution in [3.63, 3.8) is 0 Å². The zero-order valence-corrected chi connectivity index (χ0v) is 8.76. The van der Waals surface area contributed by atoms with Gasteiger partial charge in [0, 0.05) is 10.0 Å². The summed E-state index contributed by atoms with van der Waals surface area (Å²) in [5.41, 5.74) is 0.0278. The Morgan fingerprint density at radius 1 is 1.27 bits per heavy atom. The normalized spacial score (nSPS) is 10.3. The molecule has 0 nitrogen and oxygen atoms in total. The fourth-order valence-corrected chi connectivity index (χ4v) is 1.44. The molecule has 0 heterocycles. The Morgan fingerprint density at radius 3 is 2.36 bits per heavy atom. The van der Waals surface area contributed by atoms with Crippen LogP contribution in [0.3, 0.4) is 0 Å². The highest BCUT2D eigenvalue weighted by atomic mass is 79.9. The summed E-state index contributed by atoms with van der Waals surface area (Å²) in [6, 6.07) is 1.22. The van der Waals surface area contributed by atoms with Gasteiger partial charge in [0.2, 0.25) is 0 Å². The van der Waals surface area contributed by atoms with Crippen molar-refractivity contribution >= 4 is 31.9 Å². The third-order valence-corrected chi connectivity index (χ3v) is 3.28. The minimum absolute atomic E-state index is 0.0278. The number of halogens is 4. The molecule has 0 bridgehead atoms. The number of benzene rings is 1. The smallest absolute Gasteiger partial charge is 0.144 e. The van der Waals surface area contributed by atoms with Gasteiger partial charge in [-0.25, -0.2) is 8.78 Å². The van der Waals surface area contributed by atoms with Gasteiger partial charge in [-0.15, -0.1) is 0 Å². The third kappa shape index (κ3) is 1.62. The van der Waals surface area contributed by atoms with Crippen LogP contribution in [0.15, 0.2) is 15.0 Å². The second-order valence-corrected chi connectivity index (χ2v) is 3.74. The summed E-state index contributed by atoms with van der Waals surface area (Å²) in [5.74, 6) is -1.10. The van der Waals surface area contributed by atoms with Crippen LogP contribution in [0, 0.1) is 18.6 Å². The summed E-state index contributed by atoms with van der Waals surface area (Å²) in [7, 11) is 0. The molecular formula is C7H4Br2F2. The predicted octanol–water partition coefficient (Wildman–Crippen LogP) is 3.80. The number of hydrogen-bond donors (Lipinski definition) is 0. The zero-order chi connectivity index (χ0) is 8.59. The van der Waals surface area contributed by atoms with Crippen LogP contribution in [-0.4, -0.2) is 0 Å². The Labute approximate surface area is 79.9 Å². The van der Waals surface area contributed by atoms with Crippen molar-refractivity contribution in [3.05, 3.63) is 32.2 Å². The molecule has 1 aromatic carbocycles. The lowest BCUT2D eigenvalue weighted by Gasteiger charge is -2.02. The van der Waals surface area contributed by atoms with Gasteiger partial charge in [0.1, 0.15) is 11.6 Å². The Kier molecular flexibility index (Phi) is 2.65. The lowest BCUT2D eigenvalue weighted by molar-refractivity contribution is 0.562. The first-order chi connectivity index (χ1) is 5.04. The van der Waals surface area contributed by atoms with Crippen LogP contribution in [0.4, 0.5) is 8.78 Å². The zero-order valence-electron chi connectivity index (χ0n) is 5.59. The molecule has 1 aromatic rings. The molecule has 1 rings (SSSR count). The molecule has 0 amide bonds. The van der Waals surface area contributed by atoms with Gasteiger partial charge < -0.3 is 0 Å². The number of rotatable bonds is 0. The van der Waals surface area contributed by atoms with Crippen molar-refractivity contribution < 1.29 is 8.78 Å². The molecule has 0 aromatic heterocycles. The molecule has 11 heavy (non-hydrogen) atoms. The molecule has 0 radical (unpaired) electrons. The average molecular weight is 286 g/mol. The summed E-state index contributed by atoms with van der Waals surface area (Å²) in [6.45, 7) is 1.39. The van der Waals surface area contributed by atoms with E-state index in [0.29, 0.717) is 4.47 Å². The summed E-state index contributed by atoms with van der Waals surface area (Å²) in [4.78, 5) is 0. The van der Waals surface area contributed by atoms with E-state index >= 15 is 0 Å². The molecule has 0 atom stereocenters. The fraction of sp³-hybridized carbons (Fsp3) is 0.143. The molecule has 0 unspecified atom stereocenters. The minimum atomic E-state index is -0.558. The lowest BCUT2D eigenvalue weighted by atomic mass is 10.2. The molecule has 0 aliphatic carbocycles. The van der Waals surface area contributed by atoms with Crippen LogP contribution in [0.2, 0.25) is 0 Å². The van der Waals surface area contributed by atoms with Crippen LogP contribution in [0.25, 0.3) is 0 Å². The topological polar surface area (TPSA) is 0 Å².